The highest BCUT2D eigenvalue weighted by atomic mass is 19.4. The summed E-state index contributed by atoms with van der Waals surface area (Å²) in [6.45, 7) is 4.66. The van der Waals surface area contributed by atoms with E-state index in [2.05, 4.69) is 4.99 Å². The van der Waals surface area contributed by atoms with Crippen molar-refractivity contribution in [3.05, 3.63) is 76.5 Å². The lowest BCUT2D eigenvalue weighted by molar-refractivity contribution is -0.154. The van der Waals surface area contributed by atoms with E-state index in [-0.39, 0.29) is 42.2 Å². The third kappa shape index (κ3) is 5.26. The summed E-state index contributed by atoms with van der Waals surface area (Å²) in [7, 11) is 1.46. The Kier molecular flexibility index (Phi) is 8.46. The van der Waals surface area contributed by atoms with Gasteiger partial charge in [0.25, 0.3) is 0 Å². The smallest absolute Gasteiger partial charge is 0.416 e. The van der Waals surface area contributed by atoms with Crippen molar-refractivity contribution in [1.82, 2.24) is 0 Å². The Hall–Kier alpha value is -3.95. The van der Waals surface area contributed by atoms with E-state index in [0.29, 0.717) is 11.3 Å². The Morgan fingerprint density at radius 3 is 2.20 bits per heavy atom. The van der Waals surface area contributed by atoms with Crippen LogP contribution in [-0.4, -0.2) is 43.8 Å². The van der Waals surface area contributed by atoms with Crippen LogP contribution in [0.4, 0.5) is 13.2 Å². The first-order chi connectivity index (χ1) is 19.0. The van der Waals surface area contributed by atoms with E-state index in [4.69, 9.17) is 14.2 Å². The summed E-state index contributed by atoms with van der Waals surface area (Å²) >= 11 is 0. The molecular formula is C30H30F3NO6. The molecule has 1 aliphatic heterocycles. The van der Waals surface area contributed by atoms with Crippen LogP contribution >= 0.6 is 0 Å². The van der Waals surface area contributed by atoms with Crippen LogP contribution in [0.2, 0.25) is 0 Å². The summed E-state index contributed by atoms with van der Waals surface area (Å²) in [5.41, 5.74) is -0.367. The molecule has 1 fully saturated rings. The van der Waals surface area contributed by atoms with E-state index in [1.54, 1.807) is 38.1 Å². The first-order valence-electron chi connectivity index (χ1n) is 13.0. The number of ketones is 1. The van der Waals surface area contributed by atoms with Crippen molar-refractivity contribution in [3.8, 4) is 5.75 Å². The number of carbonyl (C=O) groups is 3. The number of ether oxygens (including phenoxy) is 3. The minimum absolute atomic E-state index is 0.000291. The number of fused-ring (bicyclic) bond motifs is 1. The number of allylic oxidation sites excluding steroid dienone is 1. The molecule has 1 saturated carbocycles. The van der Waals surface area contributed by atoms with Gasteiger partial charge in [0.05, 0.1) is 37.4 Å². The van der Waals surface area contributed by atoms with Gasteiger partial charge in [-0.3, -0.25) is 14.6 Å². The monoisotopic (exact) mass is 557 g/mol. The van der Waals surface area contributed by atoms with Crippen molar-refractivity contribution >= 4 is 23.4 Å². The van der Waals surface area contributed by atoms with Crippen LogP contribution in [0, 0.1) is 11.8 Å². The minimum atomic E-state index is -4.77. The lowest BCUT2D eigenvalue weighted by atomic mass is 9.61. The molecule has 0 radical (unpaired) electrons. The highest BCUT2D eigenvalue weighted by molar-refractivity contribution is 6.18. The number of nitrogens with zero attached hydrogens (tertiary/aromatic N) is 1. The number of carbonyl (C=O) groups excluding carboxylic acids is 3. The lowest BCUT2D eigenvalue weighted by Crippen LogP contribution is -2.49. The van der Waals surface area contributed by atoms with E-state index in [0.717, 1.165) is 6.07 Å². The molecule has 7 nitrogen and oxygen atoms in total. The fourth-order valence-electron chi connectivity index (χ4n) is 5.78. The molecule has 2 aromatic carbocycles. The average Bonchev–Trinajstić information content (AvgIpc) is 2.91. The largest absolute Gasteiger partial charge is 0.496 e. The first-order valence-corrected chi connectivity index (χ1v) is 13.0. The van der Waals surface area contributed by atoms with Gasteiger partial charge < -0.3 is 14.2 Å². The highest BCUT2D eigenvalue weighted by Gasteiger charge is 2.54. The summed E-state index contributed by atoms with van der Waals surface area (Å²) in [4.78, 5) is 45.4. The molecule has 4 rings (SSSR count). The van der Waals surface area contributed by atoms with Crippen LogP contribution in [0.25, 0.3) is 0 Å². The summed E-state index contributed by atoms with van der Waals surface area (Å²) in [5, 5.41) is 0. The minimum Gasteiger partial charge on any atom is -0.496 e. The molecule has 0 aromatic heterocycles. The molecule has 40 heavy (non-hydrogen) atoms. The number of Topliss-reactive ketones (excluding diaryl/α,β-unsaturated/α-hetero) is 1. The molecule has 212 valence electrons. The quantitative estimate of drug-likeness (QED) is 0.323. The Morgan fingerprint density at radius 1 is 0.950 bits per heavy atom. The third-order valence-corrected chi connectivity index (χ3v) is 7.32. The molecule has 0 spiro atoms. The normalized spacial score (nSPS) is 22.8. The Bertz CT molecular complexity index is 1380. The topological polar surface area (TPSA) is 91.3 Å². The van der Waals surface area contributed by atoms with Crippen molar-refractivity contribution in [2.75, 3.05) is 20.3 Å². The van der Waals surface area contributed by atoms with Gasteiger partial charge in [0.1, 0.15) is 11.7 Å². The highest BCUT2D eigenvalue weighted by Crippen LogP contribution is 2.51. The second-order valence-electron chi connectivity index (χ2n) is 9.55. The third-order valence-electron chi connectivity index (χ3n) is 7.32. The zero-order chi connectivity index (χ0) is 29.2. The zero-order valence-corrected chi connectivity index (χ0v) is 22.6. The molecule has 0 amide bonds. The Balaban J connectivity index is 1.97. The number of halogens is 3. The number of rotatable bonds is 7. The fourth-order valence-corrected chi connectivity index (χ4v) is 5.78. The average molecular weight is 558 g/mol. The molecule has 2 aliphatic rings. The van der Waals surface area contributed by atoms with E-state index in [1.165, 1.54) is 32.2 Å². The number of aliphatic imine (C=N–C) groups is 1. The summed E-state index contributed by atoms with van der Waals surface area (Å²) in [6.07, 6.45) is -4.70. The molecule has 0 saturated heterocycles. The molecule has 0 bridgehead atoms. The second-order valence-corrected chi connectivity index (χ2v) is 9.55. The zero-order valence-electron chi connectivity index (χ0n) is 22.6. The van der Waals surface area contributed by atoms with E-state index < -0.39 is 53.1 Å². The summed E-state index contributed by atoms with van der Waals surface area (Å²) in [6, 6.07) is 11.7. The van der Waals surface area contributed by atoms with Gasteiger partial charge in [0.15, 0.2) is 5.78 Å². The number of methoxy groups -OCH3 is 1. The molecule has 10 heteroatoms. The fraction of sp³-hybridized carbons (Fsp3) is 0.400. The van der Waals surface area contributed by atoms with Crippen molar-refractivity contribution in [2.45, 2.75) is 45.2 Å². The molecule has 1 heterocycles. The van der Waals surface area contributed by atoms with Crippen LogP contribution < -0.4 is 4.74 Å². The van der Waals surface area contributed by atoms with Crippen molar-refractivity contribution in [2.24, 2.45) is 16.8 Å². The molecule has 1 unspecified atom stereocenters. The molecule has 4 atom stereocenters. The molecule has 2 aromatic rings. The Morgan fingerprint density at radius 2 is 1.57 bits per heavy atom. The maximum Gasteiger partial charge on any atom is 0.416 e. The van der Waals surface area contributed by atoms with Gasteiger partial charge in [-0.05, 0) is 50.5 Å². The molecule has 1 aliphatic carbocycles. The first kappa shape index (κ1) is 29.0. The van der Waals surface area contributed by atoms with Crippen molar-refractivity contribution in [3.63, 3.8) is 0 Å². The van der Waals surface area contributed by atoms with Gasteiger partial charge in [-0.1, -0.05) is 36.4 Å². The van der Waals surface area contributed by atoms with Crippen molar-refractivity contribution in [1.29, 1.82) is 0 Å². The van der Waals surface area contributed by atoms with E-state index >= 15 is 0 Å². The van der Waals surface area contributed by atoms with Crippen LogP contribution in [0.15, 0.2) is 64.8 Å². The van der Waals surface area contributed by atoms with Gasteiger partial charge in [0.2, 0.25) is 0 Å². The number of alkyl halides is 3. The number of para-hydroxylation sites is 1. The maximum absolute atomic E-state index is 14.4. The predicted molar refractivity (Wildman–Crippen MR) is 140 cm³/mol. The second kappa shape index (κ2) is 11.7. The maximum atomic E-state index is 14.4. The summed E-state index contributed by atoms with van der Waals surface area (Å²) in [5.74, 6) is -6.67. The molecular weight excluding hydrogens is 527 g/mol. The summed E-state index contributed by atoms with van der Waals surface area (Å²) < 4.78 is 58.7. The Labute approximate surface area is 230 Å². The van der Waals surface area contributed by atoms with Gasteiger partial charge in [0, 0.05) is 23.2 Å². The van der Waals surface area contributed by atoms with Gasteiger partial charge in [-0.2, -0.15) is 13.2 Å². The number of hydrogen-bond acceptors (Lipinski definition) is 7. The van der Waals surface area contributed by atoms with E-state index in [1.807, 2.05) is 0 Å². The lowest BCUT2D eigenvalue weighted by Gasteiger charge is -2.41. The van der Waals surface area contributed by atoms with Crippen LogP contribution in [0.3, 0.4) is 0 Å². The van der Waals surface area contributed by atoms with Crippen LogP contribution in [0.1, 0.15) is 55.7 Å². The van der Waals surface area contributed by atoms with Crippen molar-refractivity contribution < 1.29 is 41.8 Å². The number of esters is 2. The predicted octanol–water partition coefficient (Wildman–Crippen LogP) is 5.64. The number of benzene rings is 2. The van der Waals surface area contributed by atoms with Gasteiger partial charge in [-0.25, -0.2) is 4.79 Å². The SMILES string of the molecule is CCOC(=O)C1=C(C)N=C2C[C@@H](c3ccccc3OC)[C@H](C(=O)OCC)C(=O)C2[C@@H]1c1ccccc1C(F)(F)F. The van der Waals surface area contributed by atoms with E-state index in [9.17, 15) is 27.6 Å². The van der Waals surface area contributed by atoms with Crippen LogP contribution in [-0.2, 0) is 30.0 Å². The van der Waals surface area contributed by atoms with Gasteiger partial charge in [-0.15, -0.1) is 0 Å². The van der Waals surface area contributed by atoms with Gasteiger partial charge >= 0.3 is 18.1 Å². The molecule has 0 N–H and O–H groups in total. The van der Waals surface area contributed by atoms with Crippen LogP contribution in [0.5, 0.6) is 5.75 Å². The standard InChI is InChI=1S/C30H30F3NO6/c1-5-39-28(36)23-16(3)34-21-15-19(17-11-8-10-14-22(17)38-4)25(29(37)40-6-2)27(35)26(21)24(23)18-12-7-9-13-20(18)30(31,32)33/h7-14,19,24-26H,5-6,15H2,1-4H3/t19-,24+,25-,26?/m0/s1. The number of hydrogen-bond donors (Lipinski definition) is 0.